The first-order chi connectivity index (χ1) is 38.1. The van der Waals surface area contributed by atoms with Crippen LogP contribution in [0.25, 0.3) is 21.5 Å². The lowest BCUT2D eigenvalue weighted by atomic mass is 9.95. The SMILES string of the molecule is CC(C)[C@H](NC(=O)CCCCCN1C(=O)C=CC1=O)C(=O)N[C@@H](CCCNC(N)=O)C(=O)Nc1ccc(COc2cc3c(c4ccccc24)C(CCl)CN3C(=O)CCCC(=O)N2C[C@@H](CCl)c3c2cc(O)c2ccccc32)cc1. The largest absolute Gasteiger partial charge is 0.507 e. The molecule has 0 aromatic heterocycles. The number of rotatable bonds is 25. The number of halogens is 2. The van der Waals surface area contributed by atoms with E-state index in [2.05, 4.69) is 21.3 Å². The number of nitrogens with one attached hydrogen (secondary N) is 4. The summed E-state index contributed by atoms with van der Waals surface area (Å²) in [7, 11) is 0. The standard InChI is InChI=1S/C59H66Cl2N8O10/c1-35(2)56(66-49(71)17-4-3-9-27-67-52(74)24-25-53(67)75)58(77)65-44(16-11-26-63-59(62)78)57(76)64-39-22-20-36(21-23-39)34-79-48-29-46-55(43-15-8-6-13-41(43)48)38(31-61)33-69(46)51(73)19-10-18-50(72)68-32-37(30-60)54-42-14-7-5-12-40(42)47(70)28-45(54)68/h5-8,12-15,20-25,28-29,35,37-38,44,56,70H,3-4,9-11,16-19,26-27,30-34H2,1-2H3,(H,64,76)(H,65,77)(H,66,71)(H3,62,63,78)/t37-,38?,44+,56+/m1/s1. The number of phenols is 1. The maximum Gasteiger partial charge on any atom is 0.312 e. The number of anilines is 3. The first-order valence-electron chi connectivity index (χ1n) is 26.8. The van der Waals surface area contributed by atoms with Gasteiger partial charge in [0.1, 0.15) is 30.2 Å². The average molecular weight is 1120 g/mol. The van der Waals surface area contributed by atoms with Gasteiger partial charge in [0.15, 0.2) is 0 Å². The lowest BCUT2D eigenvalue weighted by Gasteiger charge is -2.25. The van der Waals surface area contributed by atoms with Crippen LogP contribution >= 0.6 is 23.2 Å². The smallest absolute Gasteiger partial charge is 0.312 e. The number of aromatic hydroxyl groups is 1. The number of carbonyl (C=O) groups is 8. The average Bonchev–Trinajstić information content (AvgIpc) is 4.35. The van der Waals surface area contributed by atoms with Crippen molar-refractivity contribution in [3.8, 4) is 11.5 Å². The highest BCUT2D eigenvalue weighted by atomic mass is 35.5. The number of phenolic OH excluding ortho intramolecular Hbond substituents is 1. The number of urea groups is 1. The molecule has 0 saturated heterocycles. The van der Waals surface area contributed by atoms with E-state index in [-0.39, 0.29) is 104 Å². The second-order valence-corrected chi connectivity index (χ2v) is 21.1. The quantitative estimate of drug-likeness (QED) is 0.0187. The summed E-state index contributed by atoms with van der Waals surface area (Å²) in [6.45, 7) is 4.85. The van der Waals surface area contributed by atoms with E-state index in [1.165, 1.54) is 12.2 Å². The van der Waals surface area contributed by atoms with Crippen LogP contribution in [0.5, 0.6) is 11.5 Å². The van der Waals surface area contributed by atoms with E-state index in [0.29, 0.717) is 79.3 Å². The van der Waals surface area contributed by atoms with Gasteiger partial charge < -0.3 is 46.6 Å². The number of unbranched alkanes of at least 4 members (excludes halogenated alkanes) is 2. The highest BCUT2D eigenvalue weighted by Gasteiger charge is 2.37. The summed E-state index contributed by atoms with van der Waals surface area (Å²) in [6.07, 6.45) is 5.13. The second-order valence-electron chi connectivity index (χ2n) is 20.5. The van der Waals surface area contributed by atoms with Crippen molar-refractivity contribution < 1.29 is 48.2 Å². The molecule has 0 spiro atoms. The first-order valence-corrected chi connectivity index (χ1v) is 27.9. The van der Waals surface area contributed by atoms with Crippen molar-refractivity contribution in [2.24, 2.45) is 11.7 Å². The van der Waals surface area contributed by atoms with Crippen molar-refractivity contribution in [1.29, 1.82) is 0 Å². The zero-order valence-corrected chi connectivity index (χ0v) is 45.7. The molecule has 1 unspecified atom stereocenters. The van der Waals surface area contributed by atoms with Crippen LogP contribution in [0.1, 0.15) is 100 Å². The van der Waals surface area contributed by atoms with Gasteiger partial charge in [0.2, 0.25) is 29.5 Å². The molecule has 3 heterocycles. The van der Waals surface area contributed by atoms with E-state index in [0.717, 1.165) is 37.7 Å². The lowest BCUT2D eigenvalue weighted by molar-refractivity contribution is -0.137. The van der Waals surface area contributed by atoms with Gasteiger partial charge in [-0.1, -0.05) is 80.9 Å². The number of nitrogens with two attached hydrogens (primary N) is 1. The number of fused-ring (bicyclic) bond motifs is 6. The zero-order valence-electron chi connectivity index (χ0n) is 44.2. The highest BCUT2D eigenvalue weighted by Crippen LogP contribution is 2.47. The van der Waals surface area contributed by atoms with Crippen LogP contribution in [0.15, 0.2) is 97.1 Å². The molecule has 0 saturated carbocycles. The first kappa shape index (κ1) is 57.5. The van der Waals surface area contributed by atoms with E-state index >= 15 is 0 Å². The molecule has 3 aliphatic heterocycles. The van der Waals surface area contributed by atoms with E-state index in [9.17, 15) is 43.5 Å². The Hall–Kier alpha value is -7.70. The van der Waals surface area contributed by atoms with Gasteiger partial charge in [0, 0.05) is 110 Å². The van der Waals surface area contributed by atoms with Crippen molar-refractivity contribution in [1.82, 2.24) is 20.9 Å². The Bertz CT molecular complexity index is 3150. The highest BCUT2D eigenvalue weighted by molar-refractivity contribution is 6.19. The Morgan fingerprint density at radius 1 is 0.696 bits per heavy atom. The third-order valence-corrected chi connectivity index (χ3v) is 15.4. The summed E-state index contributed by atoms with van der Waals surface area (Å²) in [5.74, 6) is -1.79. The number of nitrogens with zero attached hydrogens (tertiary/aromatic N) is 3. The summed E-state index contributed by atoms with van der Waals surface area (Å²) in [6, 6.07) is 23.1. The third-order valence-electron chi connectivity index (χ3n) is 14.7. The van der Waals surface area contributed by atoms with Gasteiger partial charge >= 0.3 is 6.03 Å². The number of hydrogen-bond donors (Lipinski definition) is 6. The minimum atomic E-state index is -1.05. The molecule has 0 radical (unpaired) electrons. The summed E-state index contributed by atoms with van der Waals surface area (Å²) in [4.78, 5) is 108. The van der Waals surface area contributed by atoms with E-state index in [4.69, 9.17) is 33.7 Å². The van der Waals surface area contributed by atoms with Crippen molar-refractivity contribution in [2.75, 3.05) is 53.1 Å². The Balaban J connectivity index is 0.879. The number of carbonyl (C=O) groups excluding carboxylic acids is 8. The van der Waals surface area contributed by atoms with Gasteiger partial charge in [-0.3, -0.25) is 38.5 Å². The van der Waals surface area contributed by atoms with Gasteiger partial charge in [-0.15, -0.1) is 23.2 Å². The molecule has 0 bridgehead atoms. The molecule has 3 aliphatic rings. The van der Waals surface area contributed by atoms with Gasteiger partial charge in [-0.05, 0) is 77.6 Å². The van der Waals surface area contributed by atoms with E-state index in [1.807, 2.05) is 54.6 Å². The zero-order chi connectivity index (χ0) is 56.3. The van der Waals surface area contributed by atoms with Crippen LogP contribution in [-0.4, -0.2) is 107 Å². The number of hydrogen-bond acceptors (Lipinski definition) is 10. The molecule has 0 aliphatic carbocycles. The summed E-state index contributed by atoms with van der Waals surface area (Å²) in [5.41, 5.74) is 9.69. The number of benzene rings is 5. The molecular weight excluding hydrogens is 1050 g/mol. The topological polar surface area (TPSA) is 250 Å². The van der Waals surface area contributed by atoms with Gasteiger partial charge in [-0.2, -0.15) is 0 Å². The summed E-state index contributed by atoms with van der Waals surface area (Å²) < 4.78 is 6.50. The Kier molecular flexibility index (Phi) is 19.1. The molecule has 7 N–H and O–H groups in total. The molecule has 79 heavy (non-hydrogen) atoms. The predicted molar refractivity (Wildman–Crippen MR) is 304 cm³/mol. The Morgan fingerprint density at radius 3 is 1.87 bits per heavy atom. The number of imide groups is 1. The normalized spacial score (nSPS) is 16.3. The molecule has 20 heteroatoms. The molecular formula is C59H66Cl2N8O10. The van der Waals surface area contributed by atoms with E-state index < -0.39 is 29.9 Å². The Labute approximate surface area is 468 Å². The fraction of sp³-hybridized carbons (Fsp3) is 0.390. The van der Waals surface area contributed by atoms with E-state index in [1.54, 1.807) is 54.0 Å². The van der Waals surface area contributed by atoms with Gasteiger partial charge in [-0.25, -0.2) is 4.79 Å². The molecule has 18 nitrogen and oxygen atoms in total. The van der Waals surface area contributed by atoms with Crippen LogP contribution < -0.4 is 41.5 Å². The van der Waals surface area contributed by atoms with Crippen LogP contribution in [0.3, 0.4) is 0 Å². The van der Waals surface area contributed by atoms with Crippen LogP contribution in [0.2, 0.25) is 0 Å². The molecule has 4 atom stereocenters. The van der Waals surface area contributed by atoms with Gasteiger partial charge in [0.05, 0.1) is 11.4 Å². The minimum absolute atomic E-state index is 0.0894. The molecule has 416 valence electrons. The molecule has 8 rings (SSSR count). The molecule has 9 amide bonds. The van der Waals surface area contributed by atoms with Crippen molar-refractivity contribution >= 4 is 109 Å². The van der Waals surface area contributed by atoms with Crippen molar-refractivity contribution in [3.63, 3.8) is 0 Å². The molecule has 0 fully saturated rings. The second kappa shape index (κ2) is 26.3. The summed E-state index contributed by atoms with van der Waals surface area (Å²) in [5, 5.41) is 25.1. The monoisotopic (exact) mass is 1120 g/mol. The van der Waals surface area contributed by atoms with Crippen LogP contribution in [-0.2, 0) is 40.2 Å². The number of primary amides is 1. The molecule has 5 aromatic rings. The molecule has 5 aromatic carbocycles. The number of amides is 9. The van der Waals surface area contributed by atoms with Crippen molar-refractivity contribution in [3.05, 3.63) is 114 Å². The fourth-order valence-electron chi connectivity index (χ4n) is 10.6. The Morgan fingerprint density at radius 2 is 1.28 bits per heavy atom. The summed E-state index contributed by atoms with van der Waals surface area (Å²) >= 11 is 13.0. The third kappa shape index (κ3) is 13.6. The fourth-order valence-corrected chi connectivity index (χ4v) is 11.1. The number of ether oxygens (including phenoxy) is 1. The van der Waals surface area contributed by atoms with Gasteiger partial charge in [0.25, 0.3) is 11.8 Å². The predicted octanol–water partition coefficient (Wildman–Crippen LogP) is 7.98. The van der Waals surface area contributed by atoms with Crippen LogP contribution in [0.4, 0.5) is 21.9 Å². The van der Waals surface area contributed by atoms with Crippen molar-refractivity contribution in [2.45, 2.75) is 102 Å². The minimum Gasteiger partial charge on any atom is -0.507 e. The lowest BCUT2D eigenvalue weighted by Crippen LogP contribution is -2.54. The maximum absolute atomic E-state index is 14.1. The number of alkyl halides is 2. The van der Waals surface area contributed by atoms with Crippen LogP contribution in [0, 0.1) is 5.92 Å². The maximum atomic E-state index is 14.1.